The van der Waals surface area contributed by atoms with Crippen LogP contribution in [0.15, 0.2) is 0 Å². The number of carbonyl (C=O) groups excluding carboxylic acids is 2. The third kappa shape index (κ3) is 4.63. The van der Waals surface area contributed by atoms with E-state index in [-0.39, 0.29) is 17.5 Å². The van der Waals surface area contributed by atoms with Gasteiger partial charge in [-0.1, -0.05) is 11.3 Å². The van der Waals surface area contributed by atoms with Crippen molar-refractivity contribution >= 4 is 28.3 Å². The lowest BCUT2D eigenvalue weighted by molar-refractivity contribution is -0.120. The summed E-state index contributed by atoms with van der Waals surface area (Å²) in [5.41, 5.74) is 0. The van der Waals surface area contributed by atoms with Crippen molar-refractivity contribution in [3.63, 3.8) is 0 Å². The topological polar surface area (TPSA) is 105 Å². The van der Waals surface area contributed by atoms with E-state index in [1.807, 2.05) is 0 Å². The molecule has 3 N–H and O–H groups in total. The second kappa shape index (κ2) is 7.56. The number of hydrogen-bond donors (Lipinski definition) is 3. The van der Waals surface area contributed by atoms with Crippen LogP contribution in [0.3, 0.4) is 0 Å². The Morgan fingerprint density at radius 1 is 1.33 bits per heavy atom. The number of hydrogen-bond acceptors (Lipinski definition) is 7. The molecule has 0 saturated carbocycles. The quantitative estimate of drug-likeness (QED) is 0.554. The molecule has 1 heterocycles. The highest BCUT2D eigenvalue weighted by atomic mass is 32.1. The van der Waals surface area contributed by atoms with Crippen molar-refractivity contribution in [2.45, 2.75) is 0 Å². The molecule has 9 heteroatoms. The maximum Gasteiger partial charge on any atom is 0.282 e. The van der Waals surface area contributed by atoms with Gasteiger partial charge in [-0.25, -0.2) is 0 Å². The monoisotopic (exact) mass is 273 g/mol. The second-order valence-corrected chi connectivity index (χ2v) is 4.17. The Hall–Kier alpha value is -1.74. The molecule has 1 rings (SSSR count). The average Bonchev–Trinajstić information content (AvgIpc) is 2.85. The first-order chi connectivity index (χ1) is 8.67. The molecule has 0 aromatic carbocycles. The predicted molar refractivity (Wildman–Crippen MR) is 66.7 cm³/mol. The first-order valence-electron chi connectivity index (χ1n) is 5.22. The van der Waals surface area contributed by atoms with Crippen molar-refractivity contribution in [2.24, 2.45) is 0 Å². The number of carbonyl (C=O) groups is 2. The summed E-state index contributed by atoms with van der Waals surface area (Å²) in [5.74, 6) is -0.699. The zero-order chi connectivity index (χ0) is 13.4. The van der Waals surface area contributed by atoms with Crippen molar-refractivity contribution < 1.29 is 14.3 Å². The molecule has 0 aliphatic heterocycles. The lowest BCUT2D eigenvalue weighted by atomic mass is 10.5. The van der Waals surface area contributed by atoms with E-state index in [0.29, 0.717) is 18.3 Å². The Kier molecular flexibility index (Phi) is 6.01. The molecule has 18 heavy (non-hydrogen) atoms. The van der Waals surface area contributed by atoms with Crippen LogP contribution < -0.4 is 16.0 Å². The zero-order valence-electron chi connectivity index (χ0n) is 10.1. The van der Waals surface area contributed by atoms with Crippen LogP contribution in [0.1, 0.15) is 9.80 Å². The number of rotatable bonds is 7. The smallest absolute Gasteiger partial charge is 0.282 e. The molecule has 0 saturated heterocycles. The number of nitrogens with zero attached hydrogens (tertiary/aromatic N) is 2. The molecule has 8 nitrogen and oxygen atoms in total. The van der Waals surface area contributed by atoms with Crippen LogP contribution in [0.4, 0.5) is 5.13 Å². The fraction of sp³-hybridized carbons (Fsp3) is 0.556. The fourth-order valence-electron chi connectivity index (χ4n) is 1.01. The van der Waals surface area contributed by atoms with Crippen LogP contribution >= 0.6 is 11.3 Å². The highest BCUT2D eigenvalue weighted by Crippen LogP contribution is 2.13. The first kappa shape index (κ1) is 14.3. The van der Waals surface area contributed by atoms with Gasteiger partial charge in [0.15, 0.2) is 0 Å². The maximum absolute atomic E-state index is 11.6. The lowest BCUT2D eigenvalue weighted by Crippen LogP contribution is -2.38. The van der Waals surface area contributed by atoms with Gasteiger partial charge in [0.25, 0.3) is 5.91 Å². The van der Waals surface area contributed by atoms with Crippen LogP contribution in [0.2, 0.25) is 0 Å². The largest absolute Gasteiger partial charge is 0.383 e. The third-order valence-corrected chi connectivity index (χ3v) is 2.81. The van der Waals surface area contributed by atoms with Gasteiger partial charge in [0.1, 0.15) is 0 Å². The summed E-state index contributed by atoms with van der Waals surface area (Å²) in [4.78, 5) is 22.9. The Morgan fingerprint density at radius 2 is 2.11 bits per heavy atom. The molecule has 0 spiro atoms. The fourth-order valence-corrected chi connectivity index (χ4v) is 1.62. The van der Waals surface area contributed by atoms with Gasteiger partial charge in [-0.3, -0.25) is 9.59 Å². The molecule has 100 valence electrons. The van der Waals surface area contributed by atoms with E-state index < -0.39 is 5.91 Å². The number of ether oxygens (including phenoxy) is 1. The van der Waals surface area contributed by atoms with Gasteiger partial charge in [0, 0.05) is 20.7 Å². The SMILES string of the molecule is CNc1nnc(C(=O)NCC(=O)NCCOC)s1. The Labute approximate surface area is 108 Å². The van der Waals surface area contributed by atoms with Gasteiger partial charge in [-0.15, -0.1) is 10.2 Å². The predicted octanol–water partition coefficient (Wildman–Crippen LogP) is -0.928. The van der Waals surface area contributed by atoms with E-state index in [9.17, 15) is 9.59 Å². The number of methoxy groups -OCH3 is 1. The number of aromatic nitrogens is 2. The summed E-state index contributed by atoms with van der Waals surface area (Å²) in [5, 5.41) is 16.0. The molecule has 0 unspecified atom stereocenters. The third-order valence-electron chi connectivity index (χ3n) is 1.87. The Morgan fingerprint density at radius 3 is 2.72 bits per heavy atom. The number of anilines is 1. The molecule has 0 aliphatic rings. The maximum atomic E-state index is 11.6. The van der Waals surface area contributed by atoms with Crippen molar-refractivity contribution in [1.82, 2.24) is 20.8 Å². The summed E-state index contributed by atoms with van der Waals surface area (Å²) in [6, 6.07) is 0. The summed E-state index contributed by atoms with van der Waals surface area (Å²) in [7, 11) is 3.23. The molecule has 0 fully saturated rings. The molecule has 0 radical (unpaired) electrons. The van der Waals surface area contributed by atoms with Gasteiger partial charge in [0.05, 0.1) is 13.2 Å². The van der Waals surface area contributed by atoms with Gasteiger partial charge in [-0.05, 0) is 0 Å². The Bertz CT molecular complexity index is 409. The molecule has 0 bridgehead atoms. The van der Waals surface area contributed by atoms with Crippen LogP contribution in [0.5, 0.6) is 0 Å². The van der Waals surface area contributed by atoms with Crippen molar-refractivity contribution in [3.8, 4) is 0 Å². The minimum atomic E-state index is -0.420. The number of nitrogens with one attached hydrogen (secondary N) is 3. The molecule has 1 aromatic heterocycles. The van der Waals surface area contributed by atoms with Crippen LogP contribution in [0.25, 0.3) is 0 Å². The minimum absolute atomic E-state index is 0.100. The minimum Gasteiger partial charge on any atom is -0.383 e. The van der Waals surface area contributed by atoms with E-state index in [2.05, 4.69) is 26.1 Å². The normalized spacial score (nSPS) is 9.89. The Balaban J connectivity index is 2.30. The average molecular weight is 273 g/mol. The van der Waals surface area contributed by atoms with Crippen LogP contribution in [0, 0.1) is 0 Å². The molecular formula is C9H15N5O3S. The summed E-state index contributed by atoms with van der Waals surface area (Å²) in [6.45, 7) is 0.743. The van der Waals surface area contributed by atoms with Gasteiger partial charge in [-0.2, -0.15) is 0 Å². The van der Waals surface area contributed by atoms with Crippen LogP contribution in [-0.2, 0) is 9.53 Å². The summed E-state index contributed by atoms with van der Waals surface area (Å²) >= 11 is 1.12. The second-order valence-electron chi connectivity index (χ2n) is 3.19. The van der Waals surface area contributed by atoms with Gasteiger partial charge in [0.2, 0.25) is 16.0 Å². The molecule has 0 aliphatic carbocycles. The standard InChI is InChI=1S/C9H15N5O3S/c1-10-9-14-13-8(18-9)7(16)12-5-6(15)11-3-4-17-2/h3-5H2,1-2H3,(H,10,14)(H,11,15)(H,12,16). The number of amides is 2. The van der Waals surface area contributed by atoms with Gasteiger partial charge < -0.3 is 20.7 Å². The van der Waals surface area contributed by atoms with E-state index in [0.717, 1.165) is 11.3 Å². The van der Waals surface area contributed by atoms with Crippen molar-refractivity contribution in [1.29, 1.82) is 0 Å². The van der Waals surface area contributed by atoms with E-state index in [4.69, 9.17) is 4.74 Å². The van der Waals surface area contributed by atoms with E-state index >= 15 is 0 Å². The van der Waals surface area contributed by atoms with Gasteiger partial charge >= 0.3 is 0 Å². The lowest BCUT2D eigenvalue weighted by Gasteiger charge is -2.04. The first-order valence-corrected chi connectivity index (χ1v) is 6.04. The summed E-state index contributed by atoms with van der Waals surface area (Å²) in [6.07, 6.45) is 0. The molecule has 0 atom stereocenters. The van der Waals surface area contributed by atoms with E-state index in [1.165, 1.54) is 0 Å². The van der Waals surface area contributed by atoms with Crippen molar-refractivity contribution in [2.75, 3.05) is 39.2 Å². The van der Waals surface area contributed by atoms with Crippen molar-refractivity contribution in [3.05, 3.63) is 5.01 Å². The van der Waals surface area contributed by atoms with E-state index in [1.54, 1.807) is 14.2 Å². The highest BCUT2D eigenvalue weighted by molar-refractivity contribution is 7.17. The van der Waals surface area contributed by atoms with Crippen LogP contribution in [-0.4, -0.2) is 55.9 Å². The molecule has 1 aromatic rings. The highest BCUT2D eigenvalue weighted by Gasteiger charge is 2.12. The zero-order valence-corrected chi connectivity index (χ0v) is 11.0. The molecular weight excluding hydrogens is 258 g/mol. The summed E-state index contributed by atoms with van der Waals surface area (Å²) < 4.78 is 4.78. The molecule has 2 amide bonds.